The van der Waals surface area contributed by atoms with Crippen molar-refractivity contribution in [1.82, 2.24) is 4.98 Å². The van der Waals surface area contributed by atoms with Crippen LogP contribution in [0.3, 0.4) is 0 Å². The van der Waals surface area contributed by atoms with Crippen LogP contribution < -0.4 is 11.4 Å². The van der Waals surface area contributed by atoms with Gasteiger partial charge >= 0.3 is 11.4 Å². The quantitative estimate of drug-likeness (QED) is 0.577. The molecule has 0 fully saturated rings. The summed E-state index contributed by atoms with van der Waals surface area (Å²) in [4.78, 5) is 25.1. The fourth-order valence-electron chi connectivity index (χ4n) is 1.87. The minimum atomic E-state index is -0.729. The lowest BCUT2D eigenvalue weighted by Crippen LogP contribution is -2.14. The maximum Gasteiger partial charge on any atom is 0.419 e. The second-order valence-electron chi connectivity index (χ2n) is 3.51. The molecule has 0 unspecified atom stereocenters. The molecule has 0 saturated heterocycles. The van der Waals surface area contributed by atoms with Gasteiger partial charge in [-0.15, -0.1) is 0 Å². The highest BCUT2D eigenvalue weighted by Crippen LogP contribution is 2.20. The molecule has 4 heteroatoms. The van der Waals surface area contributed by atoms with Crippen molar-refractivity contribution >= 4 is 21.7 Å². The van der Waals surface area contributed by atoms with Gasteiger partial charge in [0, 0.05) is 0 Å². The van der Waals surface area contributed by atoms with Gasteiger partial charge in [-0.1, -0.05) is 30.3 Å². The summed E-state index contributed by atoms with van der Waals surface area (Å²) in [5.41, 5.74) is -0.101. The molecule has 1 aromatic heterocycles. The number of hydrogen-bond acceptors (Lipinski definition) is 3. The van der Waals surface area contributed by atoms with Gasteiger partial charge in [0.25, 0.3) is 0 Å². The van der Waals surface area contributed by atoms with Gasteiger partial charge in [-0.3, -0.25) is 4.98 Å². The molecule has 0 bridgehead atoms. The molecule has 0 radical (unpaired) electrons. The zero-order valence-electron chi connectivity index (χ0n) is 8.19. The van der Waals surface area contributed by atoms with Gasteiger partial charge in [0.05, 0.1) is 10.9 Å². The SMILES string of the molecule is O=c1[nH]c2ccc3ccccc3c2c(=O)o1. The Balaban J connectivity index is 2.71. The van der Waals surface area contributed by atoms with E-state index in [1.165, 1.54) is 0 Å². The predicted molar refractivity (Wildman–Crippen MR) is 60.6 cm³/mol. The molecule has 0 spiro atoms. The molecule has 0 aliphatic rings. The van der Waals surface area contributed by atoms with Crippen molar-refractivity contribution in [3.05, 3.63) is 57.4 Å². The van der Waals surface area contributed by atoms with Gasteiger partial charge in [0.2, 0.25) is 0 Å². The van der Waals surface area contributed by atoms with E-state index in [9.17, 15) is 9.59 Å². The third-order valence-corrected chi connectivity index (χ3v) is 2.56. The van der Waals surface area contributed by atoms with E-state index in [1.54, 1.807) is 6.07 Å². The summed E-state index contributed by atoms with van der Waals surface area (Å²) in [6, 6.07) is 11.0. The minimum absolute atomic E-state index is 0.415. The topological polar surface area (TPSA) is 63.1 Å². The molecule has 0 aliphatic carbocycles. The number of nitrogens with one attached hydrogen (secondary N) is 1. The molecule has 3 aromatic rings. The number of benzene rings is 2. The molecule has 0 atom stereocenters. The Bertz CT molecular complexity index is 798. The van der Waals surface area contributed by atoms with Crippen LogP contribution >= 0.6 is 0 Å². The lowest BCUT2D eigenvalue weighted by molar-refractivity contribution is 0.460. The highest BCUT2D eigenvalue weighted by molar-refractivity contribution is 6.05. The lowest BCUT2D eigenvalue weighted by atomic mass is 10.1. The van der Waals surface area contributed by atoms with Crippen LogP contribution in [0.2, 0.25) is 0 Å². The summed E-state index contributed by atoms with van der Waals surface area (Å²) in [5, 5.41) is 2.14. The number of aromatic nitrogens is 1. The number of hydrogen-bond donors (Lipinski definition) is 1. The first-order chi connectivity index (χ1) is 7.75. The van der Waals surface area contributed by atoms with E-state index >= 15 is 0 Å². The molecule has 2 aromatic carbocycles. The van der Waals surface area contributed by atoms with Crippen molar-refractivity contribution in [2.24, 2.45) is 0 Å². The Hall–Kier alpha value is -2.36. The van der Waals surface area contributed by atoms with E-state index in [2.05, 4.69) is 9.40 Å². The maximum absolute atomic E-state index is 11.6. The van der Waals surface area contributed by atoms with Crippen LogP contribution in [0, 0.1) is 0 Å². The third kappa shape index (κ3) is 1.16. The molecule has 16 heavy (non-hydrogen) atoms. The normalized spacial score (nSPS) is 11.0. The fourth-order valence-corrected chi connectivity index (χ4v) is 1.87. The van der Waals surface area contributed by atoms with Gasteiger partial charge < -0.3 is 4.42 Å². The molecule has 0 aliphatic heterocycles. The zero-order valence-corrected chi connectivity index (χ0v) is 8.19. The molecule has 78 valence electrons. The molecule has 4 nitrogen and oxygen atoms in total. The monoisotopic (exact) mass is 213 g/mol. The van der Waals surface area contributed by atoms with Gasteiger partial charge in [0.15, 0.2) is 0 Å². The summed E-state index contributed by atoms with van der Waals surface area (Å²) in [5.74, 6) is -0.729. The van der Waals surface area contributed by atoms with Crippen LogP contribution in [0.25, 0.3) is 21.7 Å². The Morgan fingerprint density at radius 2 is 1.81 bits per heavy atom. The highest BCUT2D eigenvalue weighted by Gasteiger charge is 2.06. The number of H-pyrrole nitrogens is 1. The van der Waals surface area contributed by atoms with Crippen molar-refractivity contribution in [2.45, 2.75) is 0 Å². The average molecular weight is 213 g/mol. The maximum atomic E-state index is 11.6. The number of rotatable bonds is 0. The highest BCUT2D eigenvalue weighted by atomic mass is 16.4. The molecule has 3 rings (SSSR count). The van der Waals surface area contributed by atoms with Crippen LogP contribution in [-0.4, -0.2) is 4.98 Å². The van der Waals surface area contributed by atoms with E-state index in [4.69, 9.17) is 0 Å². The van der Waals surface area contributed by atoms with Crippen molar-refractivity contribution in [3.63, 3.8) is 0 Å². The van der Waals surface area contributed by atoms with Crippen LogP contribution in [-0.2, 0) is 0 Å². The van der Waals surface area contributed by atoms with Crippen molar-refractivity contribution < 1.29 is 4.42 Å². The van der Waals surface area contributed by atoms with Gasteiger partial charge in [-0.25, -0.2) is 9.59 Å². The van der Waals surface area contributed by atoms with E-state index in [0.717, 1.165) is 10.8 Å². The minimum Gasteiger partial charge on any atom is -0.372 e. The zero-order chi connectivity index (χ0) is 11.1. The van der Waals surface area contributed by atoms with E-state index in [-0.39, 0.29) is 0 Å². The summed E-state index contributed by atoms with van der Waals surface area (Å²) in [7, 11) is 0. The number of aromatic amines is 1. The predicted octanol–water partition coefficient (Wildman–Crippen LogP) is 1.63. The van der Waals surface area contributed by atoms with E-state index in [1.807, 2.05) is 30.3 Å². The Labute approximate surface area is 89.1 Å². The van der Waals surface area contributed by atoms with Gasteiger partial charge in [-0.2, -0.15) is 0 Å². The molecule has 1 heterocycles. The first kappa shape index (κ1) is 8.91. The Morgan fingerprint density at radius 1 is 1.00 bits per heavy atom. The van der Waals surface area contributed by atoms with E-state index in [0.29, 0.717) is 10.9 Å². The van der Waals surface area contributed by atoms with E-state index < -0.39 is 11.4 Å². The molecule has 0 saturated carbocycles. The van der Waals surface area contributed by atoms with Crippen molar-refractivity contribution in [2.75, 3.05) is 0 Å². The standard InChI is InChI=1S/C12H7NO3/c14-11-10-8-4-2-1-3-7(8)5-6-9(10)13-12(15)16-11/h1-6H,(H,13,15). The number of fused-ring (bicyclic) bond motifs is 3. The summed E-state index contributed by atoms with van der Waals surface area (Å²) in [6.07, 6.45) is 0. The molecule has 1 N–H and O–H groups in total. The van der Waals surface area contributed by atoms with Crippen molar-refractivity contribution in [1.29, 1.82) is 0 Å². The van der Waals surface area contributed by atoms with Crippen molar-refractivity contribution in [3.8, 4) is 0 Å². The largest absolute Gasteiger partial charge is 0.419 e. The summed E-state index contributed by atoms with van der Waals surface area (Å²) >= 11 is 0. The Kier molecular flexibility index (Phi) is 1.71. The first-order valence-corrected chi connectivity index (χ1v) is 4.80. The summed E-state index contributed by atoms with van der Waals surface area (Å²) in [6.45, 7) is 0. The first-order valence-electron chi connectivity index (χ1n) is 4.80. The summed E-state index contributed by atoms with van der Waals surface area (Å²) < 4.78 is 4.53. The van der Waals surface area contributed by atoms with Crippen LogP contribution in [0.15, 0.2) is 50.4 Å². The third-order valence-electron chi connectivity index (χ3n) is 2.56. The molecule has 0 amide bonds. The van der Waals surface area contributed by atoms with Crippen LogP contribution in [0.5, 0.6) is 0 Å². The fraction of sp³-hybridized carbons (Fsp3) is 0. The van der Waals surface area contributed by atoms with Crippen LogP contribution in [0.1, 0.15) is 0 Å². The molecular weight excluding hydrogens is 206 g/mol. The molecular formula is C12H7NO3. The second kappa shape index (κ2) is 3.06. The Morgan fingerprint density at radius 3 is 2.69 bits per heavy atom. The van der Waals surface area contributed by atoms with Crippen LogP contribution in [0.4, 0.5) is 0 Å². The van der Waals surface area contributed by atoms with Gasteiger partial charge in [0.1, 0.15) is 0 Å². The average Bonchev–Trinajstić information content (AvgIpc) is 2.28. The lowest BCUT2D eigenvalue weighted by Gasteiger charge is -2.00. The van der Waals surface area contributed by atoms with Gasteiger partial charge in [-0.05, 0) is 16.8 Å². The second-order valence-corrected chi connectivity index (χ2v) is 3.51. The smallest absolute Gasteiger partial charge is 0.372 e.